The van der Waals surface area contributed by atoms with E-state index in [2.05, 4.69) is 17.2 Å². The molecule has 5 heteroatoms. The van der Waals surface area contributed by atoms with Gasteiger partial charge in [0.15, 0.2) is 0 Å². The van der Waals surface area contributed by atoms with Gasteiger partial charge in [-0.1, -0.05) is 24.8 Å². The lowest BCUT2D eigenvalue weighted by atomic mass is 10.1. The molecule has 2 N–H and O–H groups in total. The Labute approximate surface area is 146 Å². The Morgan fingerprint density at radius 1 is 1.08 bits per heavy atom. The lowest BCUT2D eigenvalue weighted by molar-refractivity contribution is 0.0952. The van der Waals surface area contributed by atoms with Crippen LogP contribution in [0.1, 0.15) is 33.6 Å². The Morgan fingerprint density at radius 2 is 1.80 bits per heavy atom. The largest absolute Gasteiger partial charge is 0.490 e. The number of benzene rings is 2. The quantitative estimate of drug-likeness (QED) is 0.762. The summed E-state index contributed by atoms with van der Waals surface area (Å²) >= 11 is 0. The summed E-state index contributed by atoms with van der Waals surface area (Å²) in [5.74, 6) is 0.231. The van der Waals surface area contributed by atoms with Crippen LogP contribution in [-0.2, 0) is 0 Å². The predicted octanol–water partition coefficient (Wildman–Crippen LogP) is 3.40. The molecule has 1 aliphatic rings. The predicted molar refractivity (Wildman–Crippen MR) is 97.0 cm³/mol. The lowest BCUT2D eigenvalue weighted by Crippen LogP contribution is -2.27. The van der Waals surface area contributed by atoms with Gasteiger partial charge in [0.25, 0.3) is 11.8 Å². The first-order valence-electron chi connectivity index (χ1n) is 8.22. The Kier molecular flexibility index (Phi) is 5.14. The van der Waals surface area contributed by atoms with Gasteiger partial charge in [-0.2, -0.15) is 0 Å². The minimum atomic E-state index is -0.276. The summed E-state index contributed by atoms with van der Waals surface area (Å²) in [5.41, 5.74) is 1.45. The van der Waals surface area contributed by atoms with Crippen molar-refractivity contribution >= 4 is 17.5 Å². The SMILES string of the molecule is C=CCOc1ccc(C(=O)Nc2ccccc2C(=O)NC2CC2)cc1. The highest BCUT2D eigenvalue weighted by atomic mass is 16.5. The van der Waals surface area contributed by atoms with Crippen LogP contribution in [0.2, 0.25) is 0 Å². The van der Waals surface area contributed by atoms with Gasteiger partial charge in [0, 0.05) is 11.6 Å². The third-order valence-corrected chi connectivity index (χ3v) is 3.82. The smallest absolute Gasteiger partial charge is 0.255 e. The number of amides is 2. The van der Waals surface area contributed by atoms with Crippen molar-refractivity contribution in [2.45, 2.75) is 18.9 Å². The van der Waals surface area contributed by atoms with Gasteiger partial charge in [-0.05, 0) is 49.2 Å². The minimum absolute atomic E-state index is 0.161. The molecule has 0 bridgehead atoms. The highest BCUT2D eigenvalue weighted by molar-refractivity contribution is 6.09. The minimum Gasteiger partial charge on any atom is -0.490 e. The van der Waals surface area contributed by atoms with Crippen LogP contribution in [0.15, 0.2) is 61.2 Å². The molecule has 0 heterocycles. The van der Waals surface area contributed by atoms with Crippen LogP contribution >= 0.6 is 0 Å². The van der Waals surface area contributed by atoms with Crippen molar-refractivity contribution in [2.24, 2.45) is 0 Å². The molecule has 0 aromatic heterocycles. The van der Waals surface area contributed by atoms with Gasteiger partial charge >= 0.3 is 0 Å². The maximum Gasteiger partial charge on any atom is 0.255 e. The van der Waals surface area contributed by atoms with E-state index in [1.165, 1.54) is 0 Å². The van der Waals surface area contributed by atoms with Crippen molar-refractivity contribution in [3.05, 3.63) is 72.3 Å². The molecule has 3 rings (SSSR count). The normalized spacial score (nSPS) is 13.0. The van der Waals surface area contributed by atoms with Crippen LogP contribution < -0.4 is 15.4 Å². The number of nitrogens with one attached hydrogen (secondary N) is 2. The highest BCUT2D eigenvalue weighted by Gasteiger charge is 2.25. The van der Waals surface area contributed by atoms with Crippen LogP contribution in [0, 0.1) is 0 Å². The van der Waals surface area contributed by atoms with Crippen molar-refractivity contribution < 1.29 is 14.3 Å². The molecule has 5 nitrogen and oxygen atoms in total. The summed E-state index contributed by atoms with van der Waals surface area (Å²) in [6, 6.07) is 14.1. The first kappa shape index (κ1) is 16.8. The summed E-state index contributed by atoms with van der Waals surface area (Å²) in [7, 11) is 0. The summed E-state index contributed by atoms with van der Waals surface area (Å²) in [5, 5.41) is 5.74. The molecule has 1 saturated carbocycles. The second-order valence-corrected chi connectivity index (χ2v) is 5.87. The van der Waals surface area contributed by atoms with E-state index in [9.17, 15) is 9.59 Å². The fourth-order valence-corrected chi connectivity index (χ4v) is 2.33. The Hall–Kier alpha value is -3.08. The van der Waals surface area contributed by atoms with Crippen molar-refractivity contribution in [3.8, 4) is 5.75 Å². The molecule has 0 unspecified atom stereocenters. The van der Waals surface area contributed by atoms with Gasteiger partial charge in [-0.15, -0.1) is 0 Å². The zero-order chi connectivity index (χ0) is 17.6. The monoisotopic (exact) mass is 336 g/mol. The van der Waals surface area contributed by atoms with Gasteiger partial charge in [-0.3, -0.25) is 9.59 Å². The second-order valence-electron chi connectivity index (χ2n) is 5.87. The summed E-state index contributed by atoms with van der Waals surface area (Å²) in [4.78, 5) is 24.7. The van der Waals surface area contributed by atoms with Crippen LogP contribution in [0.5, 0.6) is 5.75 Å². The molecule has 0 radical (unpaired) electrons. The maximum atomic E-state index is 12.4. The number of ether oxygens (including phenoxy) is 1. The fraction of sp³-hybridized carbons (Fsp3) is 0.200. The average Bonchev–Trinajstić information content (AvgIpc) is 3.44. The maximum absolute atomic E-state index is 12.4. The zero-order valence-electron chi connectivity index (χ0n) is 13.8. The third kappa shape index (κ3) is 4.47. The van der Waals surface area contributed by atoms with Crippen LogP contribution in [0.25, 0.3) is 0 Å². The van der Waals surface area contributed by atoms with Crippen molar-refractivity contribution in [1.29, 1.82) is 0 Å². The molecule has 1 fully saturated rings. The van der Waals surface area contributed by atoms with E-state index < -0.39 is 0 Å². The zero-order valence-corrected chi connectivity index (χ0v) is 13.8. The number of hydrogen-bond acceptors (Lipinski definition) is 3. The first-order chi connectivity index (χ1) is 12.2. The Balaban J connectivity index is 1.70. The summed E-state index contributed by atoms with van der Waals surface area (Å²) in [6.07, 6.45) is 3.69. The molecule has 0 saturated heterocycles. The lowest BCUT2D eigenvalue weighted by Gasteiger charge is -2.11. The number of para-hydroxylation sites is 1. The fourth-order valence-electron chi connectivity index (χ4n) is 2.33. The highest BCUT2D eigenvalue weighted by Crippen LogP contribution is 2.22. The molecule has 0 spiro atoms. The molecular formula is C20H20N2O3. The number of carbonyl (C=O) groups is 2. The van der Waals surface area contributed by atoms with Gasteiger partial charge in [0.05, 0.1) is 11.3 Å². The molecule has 25 heavy (non-hydrogen) atoms. The van der Waals surface area contributed by atoms with Gasteiger partial charge in [-0.25, -0.2) is 0 Å². The van der Waals surface area contributed by atoms with Crippen LogP contribution in [0.3, 0.4) is 0 Å². The Morgan fingerprint density at radius 3 is 2.48 bits per heavy atom. The number of hydrogen-bond donors (Lipinski definition) is 2. The summed E-state index contributed by atoms with van der Waals surface area (Å²) < 4.78 is 5.40. The molecular weight excluding hydrogens is 316 g/mol. The third-order valence-electron chi connectivity index (χ3n) is 3.82. The van der Waals surface area contributed by atoms with E-state index in [-0.39, 0.29) is 17.9 Å². The van der Waals surface area contributed by atoms with E-state index >= 15 is 0 Å². The number of rotatable bonds is 7. The van der Waals surface area contributed by atoms with Crippen LogP contribution in [-0.4, -0.2) is 24.5 Å². The van der Waals surface area contributed by atoms with Crippen molar-refractivity contribution in [2.75, 3.05) is 11.9 Å². The van der Waals surface area contributed by atoms with Gasteiger partial charge in [0.1, 0.15) is 12.4 Å². The molecule has 128 valence electrons. The molecule has 2 amide bonds. The average molecular weight is 336 g/mol. The second kappa shape index (κ2) is 7.66. The number of anilines is 1. The van der Waals surface area contributed by atoms with E-state index in [0.29, 0.717) is 29.2 Å². The van der Waals surface area contributed by atoms with Crippen LogP contribution in [0.4, 0.5) is 5.69 Å². The summed E-state index contributed by atoms with van der Waals surface area (Å²) in [6.45, 7) is 4.00. The van der Waals surface area contributed by atoms with E-state index in [1.807, 2.05) is 0 Å². The molecule has 2 aromatic rings. The van der Waals surface area contributed by atoms with Crippen molar-refractivity contribution in [3.63, 3.8) is 0 Å². The van der Waals surface area contributed by atoms with Crippen molar-refractivity contribution in [1.82, 2.24) is 5.32 Å². The number of carbonyl (C=O) groups excluding carboxylic acids is 2. The molecule has 2 aromatic carbocycles. The molecule has 1 aliphatic carbocycles. The topological polar surface area (TPSA) is 67.4 Å². The van der Waals surface area contributed by atoms with E-state index in [4.69, 9.17) is 4.74 Å². The molecule has 0 aliphatic heterocycles. The van der Waals surface area contributed by atoms with Gasteiger partial charge in [0.2, 0.25) is 0 Å². The molecule has 0 atom stereocenters. The Bertz CT molecular complexity index is 780. The van der Waals surface area contributed by atoms with Gasteiger partial charge < -0.3 is 15.4 Å². The first-order valence-corrected chi connectivity index (χ1v) is 8.22. The standard InChI is InChI=1S/C20H20N2O3/c1-2-13-25-16-11-7-14(8-12-16)19(23)22-18-6-4-3-5-17(18)20(24)21-15-9-10-15/h2-8,11-12,15H,1,9-10,13H2,(H,21,24)(H,22,23). The van der Waals surface area contributed by atoms with E-state index in [0.717, 1.165) is 12.8 Å². The van der Waals surface area contributed by atoms with E-state index in [1.54, 1.807) is 54.6 Å².